The zero-order valence-corrected chi connectivity index (χ0v) is 15.3. The van der Waals surface area contributed by atoms with E-state index in [-0.39, 0.29) is 24.4 Å². The van der Waals surface area contributed by atoms with Crippen LogP contribution in [-0.4, -0.2) is 18.5 Å². The Morgan fingerprint density at radius 3 is 2.50 bits per heavy atom. The molecule has 1 amide bonds. The molecule has 0 aliphatic carbocycles. The summed E-state index contributed by atoms with van der Waals surface area (Å²) >= 11 is 3.40. The molecule has 0 radical (unpaired) electrons. The maximum absolute atomic E-state index is 12.2. The zero-order valence-electron chi connectivity index (χ0n) is 13.7. The number of aryl methyl sites for hydroxylation is 1. The van der Waals surface area contributed by atoms with Gasteiger partial charge in [0.25, 0.3) is 5.91 Å². The van der Waals surface area contributed by atoms with Gasteiger partial charge in [-0.2, -0.15) is 0 Å². The average molecular weight is 390 g/mol. The number of amides is 1. The third-order valence-electron chi connectivity index (χ3n) is 3.64. The number of rotatable bonds is 6. The second-order valence-electron chi connectivity index (χ2n) is 5.51. The molecule has 2 rings (SSSR count). The maximum atomic E-state index is 12.2. The van der Waals surface area contributed by atoms with Crippen LogP contribution in [0.15, 0.2) is 53.0 Å². The van der Waals surface area contributed by atoms with Crippen LogP contribution in [0.4, 0.5) is 5.69 Å². The van der Waals surface area contributed by atoms with Crippen molar-refractivity contribution >= 4 is 33.5 Å². The van der Waals surface area contributed by atoms with E-state index in [1.807, 2.05) is 56.3 Å². The topological polar surface area (TPSA) is 55.4 Å². The molecule has 1 atom stereocenters. The van der Waals surface area contributed by atoms with E-state index in [4.69, 9.17) is 4.74 Å². The minimum atomic E-state index is -0.387. The molecule has 4 nitrogen and oxygen atoms in total. The van der Waals surface area contributed by atoms with Gasteiger partial charge in [-0.25, -0.2) is 0 Å². The predicted molar refractivity (Wildman–Crippen MR) is 97.9 cm³/mol. The van der Waals surface area contributed by atoms with E-state index in [2.05, 4.69) is 21.2 Å². The Hall–Kier alpha value is -2.14. The number of hydrogen-bond acceptors (Lipinski definition) is 3. The third kappa shape index (κ3) is 4.93. The van der Waals surface area contributed by atoms with Crippen molar-refractivity contribution in [2.75, 3.05) is 11.9 Å². The lowest BCUT2D eigenvalue weighted by atomic mass is 9.97. The zero-order chi connectivity index (χ0) is 17.5. The van der Waals surface area contributed by atoms with E-state index in [9.17, 15) is 9.59 Å². The molecule has 126 valence electrons. The first kappa shape index (κ1) is 18.2. The van der Waals surface area contributed by atoms with Gasteiger partial charge >= 0.3 is 5.97 Å². The van der Waals surface area contributed by atoms with Crippen LogP contribution in [0.1, 0.15) is 30.4 Å². The summed E-state index contributed by atoms with van der Waals surface area (Å²) < 4.78 is 5.97. The largest absolute Gasteiger partial charge is 0.455 e. The Morgan fingerprint density at radius 2 is 1.88 bits per heavy atom. The molecule has 2 aromatic rings. The number of hydrogen-bond donors (Lipinski definition) is 1. The van der Waals surface area contributed by atoms with Crippen molar-refractivity contribution in [3.63, 3.8) is 0 Å². The smallest absolute Gasteiger partial charge is 0.313 e. The SMILES string of the molecule is CCC(C(=O)OCC(=O)Nc1ccc(C)cc1Br)c1ccccc1. The fraction of sp³-hybridized carbons (Fsp3) is 0.263. The summed E-state index contributed by atoms with van der Waals surface area (Å²) in [6.45, 7) is 3.58. The summed E-state index contributed by atoms with van der Waals surface area (Å²) in [4.78, 5) is 24.2. The van der Waals surface area contributed by atoms with E-state index < -0.39 is 0 Å². The molecule has 0 aliphatic heterocycles. The van der Waals surface area contributed by atoms with E-state index in [1.165, 1.54) is 0 Å². The fourth-order valence-electron chi connectivity index (χ4n) is 2.37. The highest BCUT2D eigenvalue weighted by Gasteiger charge is 2.21. The number of anilines is 1. The fourth-order valence-corrected chi connectivity index (χ4v) is 2.96. The molecule has 0 saturated carbocycles. The van der Waals surface area contributed by atoms with Gasteiger partial charge in [-0.05, 0) is 52.5 Å². The number of ether oxygens (including phenoxy) is 1. The number of esters is 1. The molecule has 0 fully saturated rings. The second kappa shape index (κ2) is 8.64. The highest BCUT2D eigenvalue weighted by atomic mass is 79.9. The molecule has 1 unspecified atom stereocenters. The standard InChI is InChI=1S/C19H20BrNO3/c1-3-15(14-7-5-4-6-8-14)19(23)24-12-18(22)21-17-10-9-13(2)11-16(17)20/h4-11,15H,3,12H2,1-2H3,(H,21,22). The maximum Gasteiger partial charge on any atom is 0.313 e. The number of benzene rings is 2. The van der Waals surface area contributed by atoms with Gasteiger partial charge in [0.15, 0.2) is 6.61 Å². The molecule has 1 N–H and O–H groups in total. The van der Waals surface area contributed by atoms with E-state index in [0.717, 1.165) is 15.6 Å². The van der Waals surface area contributed by atoms with Crippen molar-refractivity contribution in [3.8, 4) is 0 Å². The van der Waals surface area contributed by atoms with Gasteiger partial charge < -0.3 is 10.1 Å². The van der Waals surface area contributed by atoms with Crippen molar-refractivity contribution in [1.29, 1.82) is 0 Å². The van der Waals surface area contributed by atoms with Crippen LogP contribution in [0.25, 0.3) is 0 Å². The van der Waals surface area contributed by atoms with Crippen LogP contribution in [0.3, 0.4) is 0 Å². The van der Waals surface area contributed by atoms with Gasteiger partial charge in [0.2, 0.25) is 0 Å². The van der Waals surface area contributed by atoms with Crippen molar-refractivity contribution < 1.29 is 14.3 Å². The molecule has 5 heteroatoms. The number of nitrogens with one attached hydrogen (secondary N) is 1. The van der Waals surface area contributed by atoms with Gasteiger partial charge in [-0.3, -0.25) is 9.59 Å². The molecule has 0 bridgehead atoms. The van der Waals surface area contributed by atoms with Gasteiger partial charge in [0.05, 0.1) is 11.6 Å². The lowest BCUT2D eigenvalue weighted by Gasteiger charge is -2.14. The lowest BCUT2D eigenvalue weighted by Crippen LogP contribution is -2.24. The van der Waals surface area contributed by atoms with E-state index in [0.29, 0.717) is 12.1 Å². The van der Waals surface area contributed by atoms with Crippen LogP contribution in [0.2, 0.25) is 0 Å². The highest BCUT2D eigenvalue weighted by molar-refractivity contribution is 9.10. The molecular formula is C19H20BrNO3. The Balaban J connectivity index is 1.92. The van der Waals surface area contributed by atoms with E-state index in [1.54, 1.807) is 6.07 Å². The summed E-state index contributed by atoms with van der Waals surface area (Å²) in [5, 5.41) is 2.73. The van der Waals surface area contributed by atoms with Crippen LogP contribution >= 0.6 is 15.9 Å². The molecular weight excluding hydrogens is 370 g/mol. The molecule has 0 saturated heterocycles. The molecule has 2 aromatic carbocycles. The molecule has 0 heterocycles. The summed E-state index contributed by atoms with van der Waals surface area (Å²) in [5.41, 5.74) is 2.63. The highest BCUT2D eigenvalue weighted by Crippen LogP contribution is 2.23. The monoisotopic (exact) mass is 389 g/mol. The summed E-state index contributed by atoms with van der Waals surface area (Å²) in [5.74, 6) is -1.11. The lowest BCUT2D eigenvalue weighted by molar-refractivity contribution is -0.149. The van der Waals surface area contributed by atoms with Crippen LogP contribution in [0.5, 0.6) is 0 Å². The van der Waals surface area contributed by atoms with Crippen LogP contribution in [-0.2, 0) is 14.3 Å². The minimum Gasteiger partial charge on any atom is -0.455 e. The summed E-state index contributed by atoms with van der Waals surface area (Å²) in [6, 6.07) is 15.0. The first-order chi connectivity index (χ1) is 11.5. The number of carbonyl (C=O) groups excluding carboxylic acids is 2. The normalized spacial score (nSPS) is 11.6. The summed E-state index contributed by atoms with van der Waals surface area (Å²) in [6.07, 6.45) is 0.619. The van der Waals surface area contributed by atoms with Crippen molar-refractivity contribution in [3.05, 3.63) is 64.1 Å². The number of halogens is 1. The van der Waals surface area contributed by atoms with Crippen LogP contribution in [0, 0.1) is 6.92 Å². The molecule has 0 spiro atoms. The quantitative estimate of drug-likeness (QED) is 0.743. The molecule has 0 aliphatic rings. The Kier molecular flexibility index (Phi) is 6.55. The van der Waals surface area contributed by atoms with Gasteiger partial charge in [-0.1, -0.05) is 43.3 Å². The van der Waals surface area contributed by atoms with Gasteiger partial charge in [0.1, 0.15) is 0 Å². The second-order valence-corrected chi connectivity index (χ2v) is 6.37. The first-order valence-corrected chi connectivity index (χ1v) is 8.58. The van der Waals surface area contributed by atoms with E-state index >= 15 is 0 Å². The predicted octanol–water partition coefficient (Wildman–Crippen LogP) is 4.43. The average Bonchev–Trinajstić information content (AvgIpc) is 2.57. The minimum absolute atomic E-state index is 0.303. The Morgan fingerprint density at radius 1 is 1.17 bits per heavy atom. The Bertz CT molecular complexity index is 716. The summed E-state index contributed by atoms with van der Waals surface area (Å²) in [7, 11) is 0. The van der Waals surface area contributed by atoms with Gasteiger partial charge in [0, 0.05) is 4.47 Å². The van der Waals surface area contributed by atoms with Gasteiger partial charge in [-0.15, -0.1) is 0 Å². The third-order valence-corrected chi connectivity index (χ3v) is 4.29. The van der Waals surface area contributed by atoms with Crippen molar-refractivity contribution in [2.45, 2.75) is 26.2 Å². The van der Waals surface area contributed by atoms with Crippen LogP contribution < -0.4 is 5.32 Å². The Labute approximate surface area is 150 Å². The van der Waals surface area contributed by atoms with Crippen molar-refractivity contribution in [2.24, 2.45) is 0 Å². The number of carbonyl (C=O) groups is 2. The van der Waals surface area contributed by atoms with Crippen molar-refractivity contribution in [1.82, 2.24) is 0 Å². The first-order valence-electron chi connectivity index (χ1n) is 7.79. The molecule has 24 heavy (non-hydrogen) atoms. The molecule has 0 aromatic heterocycles.